The second-order valence-corrected chi connectivity index (χ2v) is 11.8. The van der Waals surface area contributed by atoms with Gasteiger partial charge in [0.05, 0.1) is 5.69 Å². The third-order valence-corrected chi connectivity index (χ3v) is 8.03. The molecule has 2 aromatic carbocycles. The number of nitrogens with zero attached hydrogens (tertiary/aromatic N) is 1. The lowest BCUT2D eigenvalue weighted by molar-refractivity contribution is 0.632. The molecule has 0 amide bonds. The van der Waals surface area contributed by atoms with Gasteiger partial charge >= 0.3 is 0 Å². The lowest BCUT2D eigenvalue weighted by Crippen LogP contribution is -2.18. The van der Waals surface area contributed by atoms with Crippen LogP contribution < -0.4 is 0 Å². The number of benzene rings is 2. The van der Waals surface area contributed by atoms with Crippen LogP contribution in [0.5, 0.6) is 0 Å². The normalized spacial score (nSPS) is 19.2. The van der Waals surface area contributed by atoms with Crippen molar-refractivity contribution in [1.82, 2.24) is 4.98 Å². The van der Waals surface area contributed by atoms with Crippen LogP contribution in [0.25, 0.3) is 22.0 Å². The second-order valence-electron chi connectivity index (χ2n) is 7.46. The van der Waals surface area contributed by atoms with Crippen LogP contribution in [-0.2, 0) is 0 Å². The molecule has 0 radical (unpaired) electrons. The second kappa shape index (κ2) is 6.25. The molecule has 4 rings (SSSR count). The van der Waals surface area contributed by atoms with E-state index in [1.54, 1.807) is 0 Å². The van der Waals surface area contributed by atoms with Gasteiger partial charge in [-0.05, 0) is 59.8 Å². The number of aromatic nitrogens is 1. The third kappa shape index (κ3) is 3.08. The van der Waals surface area contributed by atoms with Gasteiger partial charge in [0.2, 0.25) is 0 Å². The van der Waals surface area contributed by atoms with Gasteiger partial charge in [0.15, 0.2) is 0 Å². The molecule has 2 heterocycles. The molecular weight excluding hydrogens is 310 g/mol. The van der Waals surface area contributed by atoms with Crippen molar-refractivity contribution < 1.29 is 0 Å². The Kier molecular flexibility index (Phi) is 4.09. The number of hydrogen-bond donors (Lipinski definition) is 0. The Bertz CT molecular complexity index is 844. The van der Waals surface area contributed by atoms with Crippen LogP contribution in [0.2, 0.25) is 0 Å². The standard InChI is InChI=1S/C22H25NS/c1-24(2)14-11-17(12-15-24)19-8-9-21-20(16-19)10-13-23-22(21)18-6-4-3-5-7-18/h3-10,13,16-17H,11-12,14-15H2,1-2H3. The highest BCUT2D eigenvalue weighted by Gasteiger charge is 2.24. The maximum absolute atomic E-state index is 4.64. The van der Waals surface area contributed by atoms with E-state index < -0.39 is 0 Å². The zero-order valence-electron chi connectivity index (χ0n) is 14.5. The summed E-state index contributed by atoms with van der Waals surface area (Å²) >= 11 is 0. The van der Waals surface area contributed by atoms with Crippen molar-refractivity contribution in [3.05, 3.63) is 66.4 Å². The van der Waals surface area contributed by atoms with E-state index in [-0.39, 0.29) is 10.0 Å². The van der Waals surface area contributed by atoms with E-state index >= 15 is 0 Å². The summed E-state index contributed by atoms with van der Waals surface area (Å²) in [7, 11) is -0.319. The molecule has 0 aliphatic carbocycles. The van der Waals surface area contributed by atoms with Gasteiger partial charge in [-0.15, -0.1) is 0 Å². The number of pyridine rings is 1. The van der Waals surface area contributed by atoms with Gasteiger partial charge in [-0.2, -0.15) is 0 Å². The molecule has 124 valence electrons. The SMILES string of the molecule is CS1(C)CCC(c2ccc3c(-c4ccccc4)nccc3c2)CC1. The molecule has 1 fully saturated rings. The van der Waals surface area contributed by atoms with Crippen molar-refractivity contribution in [2.75, 3.05) is 24.0 Å². The van der Waals surface area contributed by atoms with E-state index in [0.717, 1.165) is 11.6 Å². The lowest BCUT2D eigenvalue weighted by atomic mass is 9.91. The summed E-state index contributed by atoms with van der Waals surface area (Å²) in [5, 5.41) is 2.58. The third-order valence-electron chi connectivity index (χ3n) is 5.34. The minimum atomic E-state index is -0.319. The van der Waals surface area contributed by atoms with Crippen molar-refractivity contribution in [2.45, 2.75) is 18.8 Å². The molecule has 2 heteroatoms. The fourth-order valence-corrected chi connectivity index (χ4v) is 5.83. The van der Waals surface area contributed by atoms with Crippen LogP contribution in [0.3, 0.4) is 0 Å². The van der Waals surface area contributed by atoms with E-state index in [1.807, 2.05) is 6.20 Å². The summed E-state index contributed by atoms with van der Waals surface area (Å²) < 4.78 is 0. The van der Waals surface area contributed by atoms with E-state index in [0.29, 0.717) is 0 Å². The van der Waals surface area contributed by atoms with E-state index in [4.69, 9.17) is 0 Å². The number of hydrogen-bond acceptors (Lipinski definition) is 1. The Labute approximate surface area is 146 Å². The van der Waals surface area contributed by atoms with Crippen LogP contribution in [0.1, 0.15) is 24.3 Å². The first kappa shape index (κ1) is 15.7. The fourth-order valence-electron chi connectivity index (χ4n) is 3.78. The van der Waals surface area contributed by atoms with Crippen molar-refractivity contribution in [2.24, 2.45) is 0 Å². The van der Waals surface area contributed by atoms with E-state index in [9.17, 15) is 0 Å². The Morgan fingerprint density at radius 2 is 1.67 bits per heavy atom. The molecule has 3 aromatic rings. The maximum atomic E-state index is 4.64. The van der Waals surface area contributed by atoms with E-state index in [2.05, 4.69) is 72.1 Å². The Morgan fingerprint density at radius 1 is 0.917 bits per heavy atom. The zero-order chi connectivity index (χ0) is 16.6. The van der Waals surface area contributed by atoms with Crippen molar-refractivity contribution in [1.29, 1.82) is 0 Å². The van der Waals surface area contributed by atoms with Crippen LogP contribution >= 0.6 is 10.0 Å². The molecule has 1 aromatic heterocycles. The molecule has 1 aliphatic heterocycles. The monoisotopic (exact) mass is 335 g/mol. The summed E-state index contributed by atoms with van der Waals surface area (Å²) in [4.78, 5) is 4.64. The molecule has 0 saturated carbocycles. The average molecular weight is 336 g/mol. The first-order valence-corrected chi connectivity index (χ1v) is 11.5. The Balaban J connectivity index is 1.70. The smallest absolute Gasteiger partial charge is 0.0780 e. The number of fused-ring (bicyclic) bond motifs is 1. The predicted octanol–water partition coefficient (Wildman–Crippen LogP) is 5.84. The highest BCUT2D eigenvalue weighted by Crippen LogP contribution is 2.49. The van der Waals surface area contributed by atoms with Crippen LogP contribution in [0.15, 0.2) is 60.8 Å². The van der Waals surface area contributed by atoms with Gasteiger partial charge in [-0.3, -0.25) is 4.98 Å². The van der Waals surface area contributed by atoms with Gasteiger partial charge < -0.3 is 0 Å². The topological polar surface area (TPSA) is 12.9 Å². The molecule has 0 spiro atoms. The summed E-state index contributed by atoms with van der Waals surface area (Å²) in [6, 6.07) is 19.7. The summed E-state index contributed by atoms with van der Waals surface area (Å²) in [6.07, 6.45) is 9.63. The van der Waals surface area contributed by atoms with Gasteiger partial charge in [0.25, 0.3) is 0 Å². The van der Waals surface area contributed by atoms with Gasteiger partial charge in [-0.25, -0.2) is 10.0 Å². The molecule has 1 aliphatic rings. The summed E-state index contributed by atoms with van der Waals surface area (Å²) in [6.45, 7) is 0. The Morgan fingerprint density at radius 3 is 2.42 bits per heavy atom. The van der Waals surface area contributed by atoms with E-state index in [1.165, 1.54) is 46.2 Å². The fraction of sp³-hybridized carbons (Fsp3) is 0.318. The minimum absolute atomic E-state index is 0.319. The molecule has 0 bridgehead atoms. The van der Waals surface area contributed by atoms with Crippen LogP contribution in [-0.4, -0.2) is 29.0 Å². The summed E-state index contributed by atoms with van der Waals surface area (Å²) in [5.41, 5.74) is 3.80. The molecule has 0 atom stereocenters. The van der Waals surface area contributed by atoms with Crippen LogP contribution in [0.4, 0.5) is 0 Å². The maximum Gasteiger partial charge on any atom is 0.0780 e. The quantitative estimate of drug-likeness (QED) is 0.573. The predicted molar refractivity (Wildman–Crippen MR) is 108 cm³/mol. The molecule has 1 nitrogen and oxygen atoms in total. The molecule has 0 N–H and O–H groups in total. The van der Waals surface area contributed by atoms with Gasteiger partial charge in [-0.1, -0.05) is 48.5 Å². The minimum Gasteiger partial charge on any atom is -0.256 e. The summed E-state index contributed by atoms with van der Waals surface area (Å²) in [5.74, 6) is 3.58. The number of rotatable bonds is 2. The first-order valence-electron chi connectivity index (χ1n) is 8.75. The molecule has 0 unspecified atom stereocenters. The average Bonchev–Trinajstić information content (AvgIpc) is 2.61. The largest absolute Gasteiger partial charge is 0.256 e. The Hall–Kier alpha value is -1.80. The molecule has 24 heavy (non-hydrogen) atoms. The highest BCUT2D eigenvalue weighted by molar-refractivity contribution is 8.32. The van der Waals surface area contributed by atoms with Gasteiger partial charge in [0, 0.05) is 17.1 Å². The van der Waals surface area contributed by atoms with Crippen molar-refractivity contribution in [3.63, 3.8) is 0 Å². The van der Waals surface area contributed by atoms with Gasteiger partial charge in [0.1, 0.15) is 0 Å². The van der Waals surface area contributed by atoms with Crippen molar-refractivity contribution >= 4 is 20.8 Å². The zero-order valence-corrected chi connectivity index (χ0v) is 15.4. The first-order chi connectivity index (χ1) is 11.6. The molecule has 1 saturated heterocycles. The molecular formula is C22H25NS. The van der Waals surface area contributed by atoms with Crippen LogP contribution in [0, 0.1) is 0 Å². The van der Waals surface area contributed by atoms with Crippen molar-refractivity contribution in [3.8, 4) is 11.3 Å². The lowest BCUT2D eigenvalue weighted by Gasteiger charge is -2.39. The highest BCUT2D eigenvalue weighted by atomic mass is 32.3.